The van der Waals surface area contributed by atoms with Crippen LogP contribution in [0, 0.1) is 0 Å². The third-order valence-corrected chi connectivity index (χ3v) is 3.83. The van der Waals surface area contributed by atoms with Gasteiger partial charge in [0.25, 0.3) is 0 Å². The smallest absolute Gasteiger partial charge is 0.181 e. The molecule has 2 aromatic heterocycles. The zero-order valence-electron chi connectivity index (χ0n) is 9.88. The number of thiazole rings is 1. The maximum Gasteiger partial charge on any atom is 0.181 e. The quantitative estimate of drug-likeness (QED) is 0.772. The molecule has 0 bridgehead atoms. The highest BCUT2D eigenvalue weighted by atomic mass is 35.5. The Morgan fingerprint density at radius 1 is 1.11 bits per heavy atom. The van der Waals surface area contributed by atoms with E-state index >= 15 is 0 Å². The number of nitrogens with two attached hydrogens (primary N) is 1. The molecule has 2 heterocycles. The summed E-state index contributed by atoms with van der Waals surface area (Å²) in [6.07, 6.45) is 3.51. The van der Waals surface area contributed by atoms with E-state index in [1.165, 1.54) is 11.3 Å². The standard InChI is InChI=1S/C14H10ClN3S/c15-11-5-1-3-9(7-11)13-12(18-14(16)19-13)10-4-2-6-17-8-10/h1-8H,(H2,16,18). The van der Waals surface area contributed by atoms with E-state index in [0.29, 0.717) is 10.2 Å². The number of anilines is 1. The van der Waals surface area contributed by atoms with Crippen LogP contribution in [0.1, 0.15) is 0 Å². The molecule has 0 atom stereocenters. The van der Waals surface area contributed by atoms with Crippen LogP contribution in [0.15, 0.2) is 48.8 Å². The maximum absolute atomic E-state index is 6.04. The van der Waals surface area contributed by atoms with Crippen molar-refractivity contribution >= 4 is 28.1 Å². The summed E-state index contributed by atoms with van der Waals surface area (Å²) in [5, 5.41) is 1.23. The van der Waals surface area contributed by atoms with Crippen LogP contribution < -0.4 is 5.73 Å². The summed E-state index contributed by atoms with van der Waals surface area (Å²) in [5.41, 5.74) is 8.66. The first-order valence-electron chi connectivity index (χ1n) is 5.66. The molecule has 0 spiro atoms. The number of nitrogens with zero attached hydrogens (tertiary/aromatic N) is 2. The Morgan fingerprint density at radius 2 is 1.95 bits per heavy atom. The monoisotopic (exact) mass is 287 g/mol. The fourth-order valence-corrected chi connectivity index (χ4v) is 2.90. The van der Waals surface area contributed by atoms with Gasteiger partial charge in [-0.25, -0.2) is 4.98 Å². The minimum absolute atomic E-state index is 0.536. The number of nitrogen functional groups attached to an aromatic ring is 1. The molecular formula is C14H10ClN3S. The van der Waals surface area contributed by atoms with Crippen LogP contribution in [0.5, 0.6) is 0 Å². The molecule has 0 saturated heterocycles. The molecule has 0 fully saturated rings. The largest absolute Gasteiger partial charge is 0.375 e. The lowest BCUT2D eigenvalue weighted by atomic mass is 10.1. The topological polar surface area (TPSA) is 51.8 Å². The third-order valence-electron chi connectivity index (χ3n) is 2.67. The molecule has 5 heteroatoms. The minimum Gasteiger partial charge on any atom is -0.375 e. The Hall–Kier alpha value is -1.91. The molecule has 19 heavy (non-hydrogen) atoms. The van der Waals surface area contributed by atoms with E-state index in [2.05, 4.69) is 9.97 Å². The molecule has 0 aliphatic rings. The lowest BCUT2D eigenvalue weighted by Gasteiger charge is -2.02. The second-order valence-electron chi connectivity index (χ2n) is 3.98. The van der Waals surface area contributed by atoms with Crippen molar-refractivity contribution < 1.29 is 0 Å². The Kier molecular flexibility index (Phi) is 3.19. The highest BCUT2D eigenvalue weighted by Crippen LogP contribution is 2.38. The van der Waals surface area contributed by atoms with Gasteiger partial charge < -0.3 is 5.73 Å². The van der Waals surface area contributed by atoms with E-state index in [1.54, 1.807) is 12.4 Å². The van der Waals surface area contributed by atoms with E-state index in [1.807, 2.05) is 36.4 Å². The number of aromatic nitrogens is 2. The molecule has 1 aromatic carbocycles. The van der Waals surface area contributed by atoms with Crippen molar-refractivity contribution in [2.24, 2.45) is 0 Å². The van der Waals surface area contributed by atoms with E-state index < -0.39 is 0 Å². The molecular weight excluding hydrogens is 278 g/mol. The van der Waals surface area contributed by atoms with Crippen molar-refractivity contribution in [2.45, 2.75) is 0 Å². The van der Waals surface area contributed by atoms with Crippen molar-refractivity contribution in [2.75, 3.05) is 5.73 Å². The number of halogens is 1. The predicted molar refractivity (Wildman–Crippen MR) is 80.2 cm³/mol. The summed E-state index contributed by atoms with van der Waals surface area (Å²) in [6.45, 7) is 0. The maximum atomic E-state index is 6.04. The molecule has 0 saturated carbocycles. The zero-order valence-corrected chi connectivity index (χ0v) is 11.4. The summed E-state index contributed by atoms with van der Waals surface area (Å²) < 4.78 is 0. The molecule has 3 nitrogen and oxygen atoms in total. The fourth-order valence-electron chi connectivity index (χ4n) is 1.86. The van der Waals surface area contributed by atoms with Gasteiger partial charge in [-0.3, -0.25) is 4.98 Å². The van der Waals surface area contributed by atoms with Gasteiger partial charge in [0.2, 0.25) is 0 Å². The van der Waals surface area contributed by atoms with Crippen molar-refractivity contribution in [3.05, 3.63) is 53.8 Å². The lowest BCUT2D eigenvalue weighted by molar-refractivity contribution is 1.31. The van der Waals surface area contributed by atoms with Crippen LogP contribution in [-0.4, -0.2) is 9.97 Å². The van der Waals surface area contributed by atoms with Crippen molar-refractivity contribution in [3.8, 4) is 21.7 Å². The van der Waals surface area contributed by atoms with Gasteiger partial charge in [-0.2, -0.15) is 0 Å². The zero-order chi connectivity index (χ0) is 13.2. The highest BCUT2D eigenvalue weighted by Gasteiger charge is 2.13. The second-order valence-corrected chi connectivity index (χ2v) is 5.45. The first-order valence-corrected chi connectivity index (χ1v) is 6.86. The molecule has 94 valence electrons. The number of benzene rings is 1. The normalized spacial score (nSPS) is 10.6. The first-order chi connectivity index (χ1) is 9.24. The molecule has 2 N–H and O–H groups in total. The van der Waals surface area contributed by atoms with Gasteiger partial charge in [-0.15, -0.1) is 0 Å². The van der Waals surface area contributed by atoms with Crippen LogP contribution >= 0.6 is 22.9 Å². The third kappa shape index (κ3) is 2.45. The molecule has 0 amide bonds. The fraction of sp³-hybridized carbons (Fsp3) is 0. The van der Waals surface area contributed by atoms with Gasteiger partial charge in [0.1, 0.15) is 0 Å². The van der Waals surface area contributed by atoms with E-state index in [4.69, 9.17) is 17.3 Å². The second kappa shape index (κ2) is 4.99. The van der Waals surface area contributed by atoms with Gasteiger partial charge in [0.15, 0.2) is 5.13 Å². The van der Waals surface area contributed by atoms with Gasteiger partial charge >= 0.3 is 0 Å². The molecule has 3 aromatic rings. The summed E-state index contributed by atoms with van der Waals surface area (Å²) >= 11 is 7.49. The first kappa shape index (κ1) is 12.1. The van der Waals surface area contributed by atoms with Crippen molar-refractivity contribution in [1.82, 2.24) is 9.97 Å². The van der Waals surface area contributed by atoms with Gasteiger partial charge in [-0.05, 0) is 29.8 Å². The van der Waals surface area contributed by atoms with Gasteiger partial charge in [0, 0.05) is 23.0 Å². The molecule has 0 aliphatic heterocycles. The van der Waals surface area contributed by atoms with Crippen LogP contribution in [-0.2, 0) is 0 Å². The number of hydrogen-bond acceptors (Lipinski definition) is 4. The SMILES string of the molecule is Nc1nc(-c2cccnc2)c(-c2cccc(Cl)c2)s1. The van der Waals surface area contributed by atoms with Crippen LogP contribution in [0.25, 0.3) is 21.7 Å². The average Bonchev–Trinajstić information content (AvgIpc) is 2.82. The molecule has 3 rings (SSSR count). The van der Waals surface area contributed by atoms with E-state index in [-0.39, 0.29) is 0 Å². The average molecular weight is 288 g/mol. The predicted octanol–water partition coefficient (Wildman–Crippen LogP) is 4.11. The lowest BCUT2D eigenvalue weighted by Crippen LogP contribution is -1.85. The van der Waals surface area contributed by atoms with E-state index in [0.717, 1.165) is 21.7 Å². The Morgan fingerprint density at radius 3 is 2.68 bits per heavy atom. The number of rotatable bonds is 2. The van der Waals surface area contributed by atoms with Crippen LogP contribution in [0.3, 0.4) is 0 Å². The van der Waals surface area contributed by atoms with Gasteiger partial charge in [0.05, 0.1) is 10.6 Å². The summed E-state index contributed by atoms with van der Waals surface area (Å²) in [7, 11) is 0. The molecule has 0 aliphatic carbocycles. The Bertz CT molecular complexity index is 710. The van der Waals surface area contributed by atoms with Crippen LogP contribution in [0.2, 0.25) is 5.02 Å². The van der Waals surface area contributed by atoms with Gasteiger partial charge in [-0.1, -0.05) is 35.1 Å². The Labute approximate surface area is 119 Å². The summed E-state index contributed by atoms with van der Waals surface area (Å²) in [4.78, 5) is 9.53. The van der Waals surface area contributed by atoms with E-state index in [9.17, 15) is 0 Å². The summed E-state index contributed by atoms with van der Waals surface area (Å²) in [6, 6.07) is 11.5. The molecule has 0 radical (unpaired) electrons. The minimum atomic E-state index is 0.536. The van der Waals surface area contributed by atoms with Crippen molar-refractivity contribution in [1.29, 1.82) is 0 Å². The number of hydrogen-bond donors (Lipinski definition) is 1. The Balaban J connectivity index is 2.18. The number of pyridine rings is 1. The summed E-state index contributed by atoms with van der Waals surface area (Å²) in [5.74, 6) is 0. The van der Waals surface area contributed by atoms with Crippen molar-refractivity contribution in [3.63, 3.8) is 0 Å². The highest BCUT2D eigenvalue weighted by molar-refractivity contribution is 7.19. The van der Waals surface area contributed by atoms with Crippen LogP contribution in [0.4, 0.5) is 5.13 Å². The molecule has 0 unspecified atom stereocenters.